The number of hydrogen-bond acceptors (Lipinski definition) is 10. The molecule has 2 aliphatic rings. The average Bonchev–Trinajstić information content (AvgIpc) is 3.02. The van der Waals surface area contributed by atoms with Crippen LogP contribution in [-0.2, 0) is 19.1 Å². The van der Waals surface area contributed by atoms with E-state index in [0.717, 1.165) is 69.3 Å². The van der Waals surface area contributed by atoms with Crippen molar-refractivity contribution in [1.29, 1.82) is 0 Å². The van der Waals surface area contributed by atoms with E-state index in [-0.39, 0.29) is 23.9 Å². The lowest BCUT2D eigenvalue weighted by atomic mass is 9.91. The van der Waals surface area contributed by atoms with Crippen LogP contribution in [0.15, 0.2) is 47.9 Å². The van der Waals surface area contributed by atoms with E-state index in [4.69, 9.17) is 16.2 Å². The predicted molar refractivity (Wildman–Crippen MR) is 176 cm³/mol. The summed E-state index contributed by atoms with van der Waals surface area (Å²) in [5.41, 5.74) is 13.6. The number of aromatic nitrogens is 2. The molecule has 0 spiro atoms. The van der Waals surface area contributed by atoms with Gasteiger partial charge < -0.3 is 31.6 Å². The van der Waals surface area contributed by atoms with Gasteiger partial charge in [-0.25, -0.2) is 23.4 Å². The van der Waals surface area contributed by atoms with Gasteiger partial charge in [0.2, 0.25) is 0 Å². The molecule has 10 nitrogen and oxygen atoms in total. The average molecular weight is 696 g/mol. The molecule has 0 atom stereocenters. The van der Waals surface area contributed by atoms with Crippen LogP contribution in [0.25, 0.3) is 6.08 Å². The summed E-state index contributed by atoms with van der Waals surface area (Å²) in [6.45, 7) is 7.43. The van der Waals surface area contributed by atoms with Crippen molar-refractivity contribution in [1.82, 2.24) is 9.97 Å². The Hall–Kier alpha value is -3.42. The molecule has 2 heterocycles. The maximum atomic E-state index is 13.4. The van der Waals surface area contributed by atoms with E-state index in [0.29, 0.717) is 41.3 Å². The molecule has 0 bridgehead atoms. The molecule has 2 aromatic rings. The van der Waals surface area contributed by atoms with Crippen molar-refractivity contribution >= 4 is 45.3 Å². The largest absolute Gasteiger partial charge is 0.463 e. The second kappa shape index (κ2) is 20.6. The van der Waals surface area contributed by atoms with Crippen LogP contribution < -0.4 is 22.1 Å². The van der Waals surface area contributed by atoms with E-state index >= 15 is 0 Å². The number of anilines is 2. The van der Waals surface area contributed by atoms with Gasteiger partial charge in [0.05, 0.1) is 42.7 Å². The molecule has 2 aromatic heterocycles. The molecule has 248 valence electrons. The van der Waals surface area contributed by atoms with Crippen LogP contribution in [0.5, 0.6) is 0 Å². The zero-order chi connectivity index (χ0) is 33.2. The summed E-state index contributed by atoms with van der Waals surface area (Å²) < 4.78 is 36.4. The third-order valence-corrected chi connectivity index (χ3v) is 7.70. The summed E-state index contributed by atoms with van der Waals surface area (Å²) in [4.78, 5) is 29.4. The maximum Gasteiger partial charge on any atom is 0.330 e. The highest BCUT2D eigenvalue weighted by Crippen LogP contribution is 2.26. The monoisotopic (exact) mass is 694 g/mol. The van der Waals surface area contributed by atoms with Gasteiger partial charge in [-0.1, -0.05) is 6.58 Å². The van der Waals surface area contributed by atoms with E-state index < -0.39 is 11.8 Å². The van der Waals surface area contributed by atoms with Gasteiger partial charge in [-0.3, -0.25) is 4.98 Å². The maximum absolute atomic E-state index is 13.4. The topological polar surface area (TPSA) is 154 Å². The molecule has 2 aliphatic carbocycles. The number of nitrogens with two attached hydrogens (primary N) is 2. The van der Waals surface area contributed by atoms with Crippen LogP contribution >= 0.6 is 15.9 Å². The fourth-order valence-electron chi connectivity index (χ4n) is 4.73. The zero-order valence-electron chi connectivity index (χ0n) is 25.9. The van der Waals surface area contributed by atoms with Crippen LogP contribution in [0.3, 0.4) is 0 Å². The van der Waals surface area contributed by atoms with Crippen molar-refractivity contribution in [3.05, 3.63) is 65.2 Å². The van der Waals surface area contributed by atoms with Gasteiger partial charge >= 0.3 is 11.9 Å². The minimum Gasteiger partial charge on any atom is -0.463 e. The number of carbonyl (C=O) groups excluding carboxylic acids is 2. The fraction of sp³-hybridized carbons (Fsp3) is 0.500. The normalized spacial score (nSPS) is 20.9. The van der Waals surface area contributed by atoms with Gasteiger partial charge in [-0.15, -0.1) is 0 Å². The summed E-state index contributed by atoms with van der Waals surface area (Å²) >= 11 is 3.30. The summed E-state index contributed by atoms with van der Waals surface area (Å²) in [5, 5.41) is 6.61. The van der Waals surface area contributed by atoms with E-state index in [1.807, 2.05) is 0 Å². The quantitative estimate of drug-likeness (QED) is 0.142. The number of esters is 2. The van der Waals surface area contributed by atoms with Crippen molar-refractivity contribution < 1.29 is 27.8 Å². The lowest BCUT2D eigenvalue weighted by Crippen LogP contribution is -2.33. The van der Waals surface area contributed by atoms with Gasteiger partial charge in [0.1, 0.15) is 16.2 Å². The lowest BCUT2D eigenvalue weighted by molar-refractivity contribution is -0.138. The van der Waals surface area contributed by atoms with Crippen molar-refractivity contribution in [3.63, 3.8) is 0 Å². The fourth-order valence-corrected chi connectivity index (χ4v) is 5.06. The van der Waals surface area contributed by atoms with E-state index in [1.54, 1.807) is 13.8 Å². The highest BCUT2D eigenvalue weighted by Gasteiger charge is 2.20. The van der Waals surface area contributed by atoms with Gasteiger partial charge in [-0.05, 0) is 87.2 Å². The van der Waals surface area contributed by atoms with Gasteiger partial charge in [0, 0.05) is 48.5 Å². The van der Waals surface area contributed by atoms with Crippen LogP contribution in [0.2, 0.25) is 0 Å². The number of nitrogens with zero attached hydrogens (tertiary/aromatic N) is 2. The summed E-state index contributed by atoms with van der Waals surface area (Å²) in [5.74, 6) is -1.53. The number of carbonyl (C=O) groups is 2. The summed E-state index contributed by atoms with van der Waals surface area (Å²) in [6, 6.07) is 4.06. The number of hydrogen-bond donors (Lipinski definition) is 4. The molecule has 2 fully saturated rings. The Bertz CT molecular complexity index is 1250. The van der Waals surface area contributed by atoms with E-state index in [2.05, 4.69) is 47.8 Å². The van der Waals surface area contributed by atoms with Crippen molar-refractivity contribution in [2.75, 3.05) is 23.8 Å². The van der Waals surface area contributed by atoms with Crippen molar-refractivity contribution in [3.8, 4) is 0 Å². The van der Waals surface area contributed by atoms with Crippen LogP contribution in [-0.4, -0.2) is 59.3 Å². The first-order chi connectivity index (χ1) is 21.5. The van der Waals surface area contributed by atoms with Crippen LogP contribution in [0, 0.1) is 11.6 Å². The number of nitrogens with one attached hydrogen (secondary N) is 2. The molecule has 6 N–H and O–H groups in total. The highest BCUT2D eigenvalue weighted by atomic mass is 79.9. The van der Waals surface area contributed by atoms with Gasteiger partial charge in [0.25, 0.3) is 0 Å². The standard InChI is InChI=1S/C16H22FN3O2.C11H15BrFN3.C5H8O2/c1-2-22-16(21)8-7-14-15(9-11(17)10-19-14)20-13-5-3-12(18)4-6-13;12-11-10(5-7(13)6-15-11)16-9-3-1-8(14)2-4-9;1-3-5(6)7-4-2/h7-10,12-13,20H,2-6,18H2,1H3;5-6,8-9,16H,1-4,14H2;3H,1,4H2,2H3/b8-7+;;. The van der Waals surface area contributed by atoms with Gasteiger partial charge in [0.15, 0.2) is 0 Å². The van der Waals surface area contributed by atoms with E-state index in [9.17, 15) is 18.4 Å². The summed E-state index contributed by atoms with van der Waals surface area (Å²) in [7, 11) is 0. The van der Waals surface area contributed by atoms with Crippen LogP contribution in [0.4, 0.5) is 20.2 Å². The Kier molecular flexibility index (Phi) is 17.3. The second-order valence-electron chi connectivity index (χ2n) is 10.6. The minimum atomic E-state index is -0.441. The second-order valence-corrected chi connectivity index (χ2v) is 11.4. The molecule has 0 radical (unpaired) electrons. The predicted octanol–water partition coefficient (Wildman–Crippen LogP) is 5.88. The molecule has 0 saturated heterocycles. The Morgan fingerprint density at radius 1 is 0.867 bits per heavy atom. The zero-order valence-corrected chi connectivity index (χ0v) is 27.5. The number of halogens is 3. The smallest absolute Gasteiger partial charge is 0.330 e. The molecule has 4 rings (SSSR count). The Balaban J connectivity index is 0.000000267. The molecule has 45 heavy (non-hydrogen) atoms. The van der Waals surface area contributed by atoms with Gasteiger partial charge in [-0.2, -0.15) is 0 Å². The van der Waals surface area contributed by atoms with Crippen LogP contribution in [0.1, 0.15) is 70.9 Å². The molecular weight excluding hydrogens is 650 g/mol. The number of ether oxygens (including phenoxy) is 2. The van der Waals surface area contributed by atoms with Crippen molar-refractivity contribution in [2.24, 2.45) is 11.5 Å². The third-order valence-electron chi connectivity index (χ3n) is 7.07. The summed E-state index contributed by atoms with van der Waals surface area (Å²) in [6.07, 6.45) is 14.2. The Labute approximate surface area is 272 Å². The Morgan fingerprint density at radius 3 is 1.82 bits per heavy atom. The number of rotatable bonds is 9. The third kappa shape index (κ3) is 14.9. The molecule has 0 amide bonds. The molecule has 0 aliphatic heterocycles. The number of pyridine rings is 2. The SMILES string of the molecule is C=CC(=O)OCC.CCOC(=O)/C=C/c1ncc(F)cc1NC1CCC(N)CC1.NC1CCC(Nc2cc(F)cnc2Br)CC1. The minimum absolute atomic E-state index is 0.248. The molecule has 0 unspecified atom stereocenters. The first kappa shape index (κ1) is 37.8. The Morgan fingerprint density at radius 2 is 1.33 bits per heavy atom. The lowest BCUT2D eigenvalue weighted by Gasteiger charge is -2.28. The molecule has 13 heteroatoms. The molecule has 0 aromatic carbocycles. The molecule has 2 saturated carbocycles. The van der Waals surface area contributed by atoms with E-state index in [1.165, 1.54) is 30.5 Å². The first-order valence-corrected chi connectivity index (χ1v) is 16.0. The van der Waals surface area contributed by atoms with Crippen molar-refractivity contribution in [2.45, 2.75) is 89.4 Å². The highest BCUT2D eigenvalue weighted by molar-refractivity contribution is 9.10. The molecular formula is C32H45BrF2N6O4. The first-order valence-electron chi connectivity index (χ1n) is 15.2.